The Morgan fingerprint density at radius 3 is 1.97 bits per heavy atom. The van der Waals surface area contributed by atoms with E-state index < -0.39 is 0 Å². The number of nitrogens with zero attached hydrogens (tertiary/aromatic N) is 2. The zero-order chi connectivity index (χ0) is 20.3. The van der Waals surface area contributed by atoms with E-state index in [-0.39, 0.29) is 17.9 Å². The molecule has 5 rings (SSSR count). The molecular weight excluding hydrogens is 372 g/mol. The Labute approximate surface area is 177 Å². The second kappa shape index (κ2) is 8.33. The molecular formula is C26H26N2O2. The van der Waals surface area contributed by atoms with Gasteiger partial charge in [-0.25, -0.2) is 0 Å². The Morgan fingerprint density at radius 1 is 0.767 bits per heavy atom. The van der Waals surface area contributed by atoms with E-state index in [0.717, 1.165) is 37.5 Å². The monoisotopic (exact) mass is 398 g/mol. The van der Waals surface area contributed by atoms with Crippen molar-refractivity contribution in [3.05, 3.63) is 102 Å². The Kier molecular flexibility index (Phi) is 5.24. The highest BCUT2D eigenvalue weighted by Gasteiger charge is 2.35. The van der Waals surface area contributed by atoms with Gasteiger partial charge in [0.05, 0.1) is 6.04 Å². The summed E-state index contributed by atoms with van der Waals surface area (Å²) in [6.07, 6.45) is 0. The van der Waals surface area contributed by atoms with E-state index in [4.69, 9.17) is 4.74 Å². The van der Waals surface area contributed by atoms with Gasteiger partial charge in [0.2, 0.25) is 5.91 Å². The molecule has 1 amide bonds. The summed E-state index contributed by atoms with van der Waals surface area (Å²) < 4.78 is 5.74. The average Bonchev–Trinajstić information content (AvgIpc) is 3.25. The van der Waals surface area contributed by atoms with Crippen LogP contribution in [-0.2, 0) is 4.79 Å². The molecule has 2 aliphatic heterocycles. The minimum absolute atomic E-state index is 0.174. The van der Waals surface area contributed by atoms with Crippen molar-refractivity contribution in [2.24, 2.45) is 0 Å². The number of hydrogen-bond acceptors (Lipinski definition) is 3. The van der Waals surface area contributed by atoms with Crippen LogP contribution >= 0.6 is 0 Å². The van der Waals surface area contributed by atoms with Crippen LogP contribution in [0.15, 0.2) is 84.9 Å². The smallest absolute Gasteiger partial charge is 0.233 e. The Balaban J connectivity index is 1.31. The Bertz CT molecular complexity index is 958. The van der Waals surface area contributed by atoms with Gasteiger partial charge < -0.3 is 9.64 Å². The minimum Gasteiger partial charge on any atom is -0.492 e. The first kappa shape index (κ1) is 18.9. The van der Waals surface area contributed by atoms with Crippen molar-refractivity contribution in [2.45, 2.75) is 12.0 Å². The first-order valence-corrected chi connectivity index (χ1v) is 10.7. The molecule has 3 aromatic rings. The van der Waals surface area contributed by atoms with Crippen molar-refractivity contribution < 1.29 is 9.53 Å². The Hall–Kier alpha value is -3.11. The van der Waals surface area contributed by atoms with Gasteiger partial charge in [0.25, 0.3) is 0 Å². The van der Waals surface area contributed by atoms with Crippen LogP contribution in [0.2, 0.25) is 0 Å². The average molecular weight is 399 g/mol. The van der Waals surface area contributed by atoms with Gasteiger partial charge in [-0.05, 0) is 17.2 Å². The quantitative estimate of drug-likeness (QED) is 0.663. The topological polar surface area (TPSA) is 32.8 Å². The van der Waals surface area contributed by atoms with Crippen molar-refractivity contribution >= 4 is 5.91 Å². The number of piperazine rings is 1. The highest BCUT2D eigenvalue weighted by Crippen LogP contribution is 2.35. The number of benzene rings is 3. The van der Waals surface area contributed by atoms with Crippen molar-refractivity contribution in [2.75, 3.05) is 32.8 Å². The summed E-state index contributed by atoms with van der Waals surface area (Å²) in [6.45, 7) is 3.65. The van der Waals surface area contributed by atoms with Crippen LogP contribution in [0.5, 0.6) is 5.75 Å². The van der Waals surface area contributed by atoms with Crippen LogP contribution in [0.25, 0.3) is 0 Å². The van der Waals surface area contributed by atoms with E-state index in [1.807, 2.05) is 29.2 Å². The summed E-state index contributed by atoms with van der Waals surface area (Å²) in [7, 11) is 0. The molecule has 0 radical (unpaired) electrons. The third-order valence-electron chi connectivity index (χ3n) is 6.22. The summed E-state index contributed by atoms with van der Waals surface area (Å²) in [5.74, 6) is 0.866. The number of hydrogen-bond donors (Lipinski definition) is 0. The lowest BCUT2D eigenvalue weighted by Gasteiger charge is -2.40. The molecule has 4 nitrogen and oxygen atoms in total. The zero-order valence-corrected chi connectivity index (χ0v) is 17.0. The third kappa shape index (κ3) is 3.59. The SMILES string of the molecule is O=C(C1COc2ccccc21)N1CCN(C(c2ccccc2)c2ccccc2)CC1. The first-order chi connectivity index (χ1) is 14.8. The molecule has 3 aromatic carbocycles. The molecule has 2 heterocycles. The van der Waals surface area contributed by atoms with Crippen molar-refractivity contribution in [3.8, 4) is 5.75 Å². The number of amides is 1. The van der Waals surface area contributed by atoms with Gasteiger partial charge in [0, 0.05) is 31.7 Å². The number of rotatable bonds is 4. The molecule has 1 saturated heterocycles. The van der Waals surface area contributed by atoms with Gasteiger partial charge in [-0.2, -0.15) is 0 Å². The normalized spacial score (nSPS) is 18.8. The number of carbonyl (C=O) groups is 1. The largest absolute Gasteiger partial charge is 0.492 e. The van der Waals surface area contributed by atoms with Gasteiger partial charge in [0.1, 0.15) is 18.3 Å². The molecule has 30 heavy (non-hydrogen) atoms. The number of ether oxygens (including phenoxy) is 1. The second-order valence-electron chi connectivity index (χ2n) is 7.99. The summed E-state index contributed by atoms with van der Waals surface area (Å²) >= 11 is 0. The summed E-state index contributed by atoms with van der Waals surface area (Å²) in [6, 6.07) is 29.4. The van der Waals surface area contributed by atoms with Crippen LogP contribution in [0.4, 0.5) is 0 Å². The van der Waals surface area contributed by atoms with Crippen LogP contribution < -0.4 is 4.74 Å². The summed E-state index contributed by atoms with van der Waals surface area (Å²) in [5.41, 5.74) is 3.61. The maximum atomic E-state index is 13.2. The fourth-order valence-corrected chi connectivity index (χ4v) is 4.67. The molecule has 2 aliphatic rings. The minimum atomic E-state index is -0.174. The van der Waals surface area contributed by atoms with E-state index in [0.29, 0.717) is 6.61 Å². The molecule has 1 atom stereocenters. The van der Waals surface area contributed by atoms with Crippen LogP contribution in [-0.4, -0.2) is 48.5 Å². The van der Waals surface area contributed by atoms with E-state index in [1.54, 1.807) is 0 Å². The van der Waals surface area contributed by atoms with E-state index in [9.17, 15) is 4.79 Å². The zero-order valence-electron chi connectivity index (χ0n) is 17.0. The molecule has 4 heteroatoms. The van der Waals surface area contributed by atoms with Crippen molar-refractivity contribution in [3.63, 3.8) is 0 Å². The van der Waals surface area contributed by atoms with Gasteiger partial charge in [-0.15, -0.1) is 0 Å². The van der Waals surface area contributed by atoms with Gasteiger partial charge in [-0.1, -0.05) is 78.9 Å². The van der Waals surface area contributed by atoms with Crippen molar-refractivity contribution in [1.82, 2.24) is 9.80 Å². The molecule has 0 aliphatic carbocycles. The lowest BCUT2D eigenvalue weighted by atomic mass is 9.96. The highest BCUT2D eigenvalue weighted by molar-refractivity contribution is 5.85. The molecule has 0 saturated carbocycles. The lowest BCUT2D eigenvalue weighted by Crippen LogP contribution is -2.51. The number of fused-ring (bicyclic) bond motifs is 1. The standard InChI is InChI=1S/C26H26N2O2/c29-26(23-19-30-24-14-8-7-13-22(23)24)28-17-15-27(16-18-28)25(20-9-3-1-4-10-20)21-11-5-2-6-12-21/h1-14,23,25H,15-19H2. The van der Waals surface area contributed by atoms with Gasteiger partial charge >= 0.3 is 0 Å². The van der Waals surface area contributed by atoms with E-state index >= 15 is 0 Å². The highest BCUT2D eigenvalue weighted by atomic mass is 16.5. The molecule has 0 N–H and O–H groups in total. The molecule has 0 spiro atoms. The molecule has 1 fully saturated rings. The van der Waals surface area contributed by atoms with Gasteiger partial charge in [-0.3, -0.25) is 9.69 Å². The maximum Gasteiger partial charge on any atom is 0.233 e. The number of carbonyl (C=O) groups excluding carboxylic acids is 1. The summed E-state index contributed by atoms with van der Waals surface area (Å²) in [4.78, 5) is 17.7. The first-order valence-electron chi connectivity index (χ1n) is 10.7. The van der Waals surface area contributed by atoms with Crippen LogP contribution in [0.1, 0.15) is 28.7 Å². The fraction of sp³-hybridized carbons (Fsp3) is 0.269. The molecule has 152 valence electrons. The van der Waals surface area contributed by atoms with E-state index in [2.05, 4.69) is 65.6 Å². The summed E-state index contributed by atoms with van der Waals surface area (Å²) in [5, 5.41) is 0. The van der Waals surface area contributed by atoms with Crippen LogP contribution in [0.3, 0.4) is 0 Å². The number of para-hydroxylation sites is 1. The predicted octanol–water partition coefficient (Wildman–Crippen LogP) is 4.10. The van der Waals surface area contributed by atoms with Crippen molar-refractivity contribution in [1.29, 1.82) is 0 Å². The fourth-order valence-electron chi connectivity index (χ4n) is 4.67. The molecule has 1 unspecified atom stereocenters. The lowest BCUT2D eigenvalue weighted by molar-refractivity contribution is -0.135. The van der Waals surface area contributed by atoms with E-state index in [1.165, 1.54) is 11.1 Å². The second-order valence-corrected chi connectivity index (χ2v) is 7.99. The maximum absolute atomic E-state index is 13.2. The molecule has 0 aromatic heterocycles. The van der Waals surface area contributed by atoms with Crippen LogP contribution in [0, 0.1) is 0 Å². The Morgan fingerprint density at radius 2 is 1.33 bits per heavy atom. The molecule has 0 bridgehead atoms. The predicted molar refractivity (Wildman–Crippen MR) is 118 cm³/mol. The van der Waals surface area contributed by atoms with Gasteiger partial charge in [0.15, 0.2) is 0 Å². The third-order valence-corrected chi connectivity index (χ3v) is 6.22.